The predicted octanol–water partition coefficient (Wildman–Crippen LogP) is 5.03. The molecule has 5 nitrogen and oxygen atoms in total. The number of benzene rings is 1. The van der Waals surface area contributed by atoms with Crippen molar-refractivity contribution in [2.45, 2.75) is 0 Å². The lowest BCUT2D eigenvalue weighted by Crippen LogP contribution is -1.95. The molecule has 0 aliphatic rings. The van der Waals surface area contributed by atoms with E-state index in [1.54, 1.807) is 24.8 Å². The largest absolute Gasteiger partial charge is 0.454 e. The van der Waals surface area contributed by atoms with Crippen molar-refractivity contribution in [1.29, 1.82) is 0 Å². The Morgan fingerprint density at radius 2 is 1.67 bits per heavy atom. The van der Waals surface area contributed by atoms with Gasteiger partial charge in [0.1, 0.15) is 11.4 Å². The number of pyridine rings is 4. The van der Waals surface area contributed by atoms with Gasteiger partial charge in [-0.3, -0.25) is 9.97 Å². The summed E-state index contributed by atoms with van der Waals surface area (Å²) in [4.78, 5) is 17.7. The third-order valence-corrected chi connectivity index (χ3v) is 4.32. The summed E-state index contributed by atoms with van der Waals surface area (Å²) >= 11 is 0. The van der Waals surface area contributed by atoms with Gasteiger partial charge < -0.3 is 4.74 Å². The van der Waals surface area contributed by atoms with Gasteiger partial charge in [-0.05, 0) is 30.3 Å². The summed E-state index contributed by atoms with van der Waals surface area (Å²) in [6.07, 6.45) is 6.95. The fraction of sp³-hybridized carbons (Fsp3) is 0. The molecule has 5 heteroatoms. The van der Waals surface area contributed by atoms with Crippen LogP contribution in [0.2, 0.25) is 0 Å². The maximum Gasteiger partial charge on any atom is 0.160 e. The molecule has 0 fully saturated rings. The van der Waals surface area contributed by atoms with E-state index in [2.05, 4.69) is 15.0 Å². The van der Waals surface area contributed by atoms with E-state index in [9.17, 15) is 0 Å². The first-order chi connectivity index (χ1) is 13.4. The number of aromatic nitrogens is 4. The Balaban J connectivity index is 1.71. The van der Waals surface area contributed by atoms with Gasteiger partial charge in [-0.1, -0.05) is 30.3 Å². The van der Waals surface area contributed by atoms with Crippen LogP contribution in [0.4, 0.5) is 0 Å². The third-order valence-electron chi connectivity index (χ3n) is 4.32. The highest BCUT2D eigenvalue weighted by atomic mass is 16.5. The molecule has 0 atom stereocenters. The van der Waals surface area contributed by atoms with Crippen molar-refractivity contribution in [2.24, 2.45) is 0 Å². The van der Waals surface area contributed by atoms with Gasteiger partial charge >= 0.3 is 0 Å². The lowest BCUT2D eigenvalue weighted by atomic mass is 10.1. The molecule has 4 heterocycles. The lowest BCUT2D eigenvalue weighted by Gasteiger charge is -2.13. The van der Waals surface area contributed by atoms with Gasteiger partial charge in [-0.25, -0.2) is 9.97 Å². The van der Waals surface area contributed by atoms with Crippen LogP contribution >= 0.6 is 0 Å². The second kappa shape index (κ2) is 6.46. The normalized spacial score (nSPS) is 11.0. The molecule has 0 aliphatic carbocycles. The molecule has 4 aromatic heterocycles. The molecule has 0 spiro atoms. The summed E-state index contributed by atoms with van der Waals surface area (Å²) in [5.74, 6) is 1.35. The minimum absolute atomic E-state index is 0.665. The number of rotatable bonds is 3. The fourth-order valence-corrected chi connectivity index (χ4v) is 3.04. The predicted molar refractivity (Wildman–Crippen MR) is 105 cm³/mol. The SMILES string of the molecule is c1ccc(-c2nc3ncccc3cc2Oc2ccnc3ccncc23)cc1. The minimum Gasteiger partial charge on any atom is -0.454 e. The second-order valence-electron chi connectivity index (χ2n) is 6.06. The maximum atomic E-state index is 6.32. The molecule has 0 N–H and O–H groups in total. The van der Waals surface area contributed by atoms with Gasteiger partial charge in [0.15, 0.2) is 11.4 Å². The molecule has 0 radical (unpaired) electrons. The topological polar surface area (TPSA) is 60.8 Å². The van der Waals surface area contributed by atoms with Crippen LogP contribution in [-0.2, 0) is 0 Å². The average molecular weight is 350 g/mol. The molecule has 0 aliphatic heterocycles. The summed E-state index contributed by atoms with van der Waals surface area (Å²) < 4.78 is 6.32. The number of nitrogens with zero attached hydrogens (tertiary/aromatic N) is 4. The molecule has 5 aromatic rings. The van der Waals surface area contributed by atoms with Crippen LogP contribution in [0.3, 0.4) is 0 Å². The third kappa shape index (κ3) is 2.85. The summed E-state index contributed by atoms with van der Waals surface area (Å²) in [5, 5.41) is 1.77. The van der Waals surface area contributed by atoms with E-state index in [-0.39, 0.29) is 0 Å². The Labute approximate surface area is 155 Å². The van der Waals surface area contributed by atoms with Gasteiger partial charge in [0.25, 0.3) is 0 Å². The van der Waals surface area contributed by atoms with E-state index in [1.807, 2.05) is 60.7 Å². The minimum atomic E-state index is 0.665. The van der Waals surface area contributed by atoms with E-state index in [0.717, 1.165) is 27.5 Å². The molecule has 128 valence electrons. The van der Waals surface area contributed by atoms with Gasteiger partial charge in [-0.2, -0.15) is 0 Å². The zero-order chi connectivity index (χ0) is 18.1. The van der Waals surface area contributed by atoms with Gasteiger partial charge in [0.2, 0.25) is 0 Å². The Hall–Kier alpha value is -3.86. The molecular formula is C22H14N4O. The van der Waals surface area contributed by atoms with Crippen molar-refractivity contribution in [3.8, 4) is 22.8 Å². The second-order valence-corrected chi connectivity index (χ2v) is 6.06. The van der Waals surface area contributed by atoms with Crippen LogP contribution < -0.4 is 4.74 Å². The van der Waals surface area contributed by atoms with Crippen LogP contribution in [-0.4, -0.2) is 19.9 Å². The average Bonchev–Trinajstić information content (AvgIpc) is 2.74. The Kier molecular flexibility index (Phi) is 3.68. The zero-order valence-corrected chi connectivity index (χ0v) is 14.3. The summed E-state index contributed by atoms with van der Waals surface area (Å²) in [6, 6.07) is 19.5. The standard InChI is InChI=1S/C22H14N4O/c1-2-5-15(6-3-1)21-20(13-16-7-4-10-25-22(16)26-21)27-19-9-12-24-18-8-11-23-14-17(18)19/h1-14H. The Morgan fingerprint density at radius 1 is 0.741 bits per heavy atom. The van der Waals surface area contributed by atoms with E-state index in [1.165, 1.54) is 0 Å². The van der Waals surface area contributed by atoms with E-state index in [0.29, 0.717) is 17.1 Å². The van der Waals surface area contributed by atoms with Gasteiger partial charge in [0.05, 0.1) is 10.9 Å². The van der Waals surface area contributed by atoms with Crippen molar-refractivity contribution in [3.63, 3.8) is 0 Å². The van der Waals surface area contributed by atoms with E-state index >= 15 is 0 Å². The molecule has 27 heavy (non-hydrogen) atoms. The molecule has 5 rings (SSSR count). The van der Waals surface area contributed by atoms with Crippen molar-refractivity contribution >= 4 is 21.9 Å². The lowest BCUT2D eigenvalue weighted by molar-refractivity contribution is 0.488. The first-order valence-corrected chi connectivity index (χ1v) is 8.56. The van der Waals surface area contributed by atoms with Crippen LogP contribution in [0.5, 0.6) is 11.5 Å². The molecule has 0 unspecified atom stereocenters. The highest BCUT2D eigenvalue weighted by Gasteiger charge is 2.13. The van der Waals surface area contributed by atoms with Crippen molar-refractivity contribution in [1.82, 2.24) is 19.9 Å². The fourth-order valence-electron chi connectivity index (χ4n) is 3.04. The number of ether oxygens (including phenoxy) is 1. The monoisotopic (exact) mass is 350 g/mol. The first-order valence-electron chi connectivity index (χ1n) is 8.56. The van der Waals surface area contributed by atoms with E-state index in [4.69, 9.17) is 9.72 Å². The van der Waals surface area contributed by atoms with Gasteiger partial charge in [0, 0.05) is 35.7 Å². The Morgan fingerprint density at radius 3 is 2.59 bits per heavy atom. The molecular weight excluding hydrogens is 336 g/mol. The molecule has 0 saturated carbocycles. The highest BCUT2D eigenvalue weighted by Crippen LogP contribution is 2.36. The molecule has 0 amide bonds. The molecule has 1 aromatic carbocycles. The quantitative estimate of drug-likeness (QED) is 0.456. The van der Waals surface area contributed by atoms with Crippen LogP contribution in [0.1, 0.15) is 0 Å². The zero-order valence-electron chi connectivity index (χ0n) is 14.3. The number of hydrogen-bond donors (Lipinski definition) is 0. The smallest absolute Gasteiger partial charge is 0.160 e. The number of fused-ring (bicyclic) bond motifs is 2. The summed E-state index contributed by atoms with van der Waals surface area (Å²) in [6.45, 7) is 0. The van der Waals surface area contributed by atoms with Crippen molar-refractivity contribution < 1.29 is 4.74 Å². The van der Waals surface area contributed by atoms with Crippen molar-refractivity contribution in [3.05, 3.63) is 85.5 Å². The highest BCUT2D eigenvalue weighted by molar-refractivity contribution is 5.86. The molecule has 0 saturated heterocycles. The van der Waals surface area contributed by atoms with E-state index < -0.39 is 0 Å². The Bertz CT molecular complexity index is 1250. The molecule has 0 bridgehead atoms. The van der Waals surface area contributed by atoms with Crippen LogP contribution in [0, 0.1) is 0 Å². The first kappa shape index (κ1) is 15.4. The van der Waals surface area contributed by atoms with Gasteiger partial charge in [-0.15, -0.1) is 0 Å². The van der Waals surface area contributed by atoms with Crippen LogP contribution in [0.15, 0.2) is 85.5 Å². The summed E-state index contributed by atoms with van der Waals surface area (Å²) in [7, 11) is 0. The van der Waals surface area contributed by atoms with Crippen molar-refractivity contribution in [2.75, 3.05) is 0 Å². The maximum absolute atomic E-state index is 6.32. The number of hydrogen-bond acceptors (Lipinski definition) is 5. The summed E-state index contributed by atoms with van der Waals surface area (Å²) in [5.41, 5.74) is 3.23. The van der Waals surface area contributed by atoms with Crippen LogP contribution in [0.25, 0.3) is 33.2 Å².